The maximum atomic E-state index is 14.4. The van der Waals surface area contributed by atoms with E-state index in [1.165, 1.54) is 34.1 Å². The lowest BCUT2D eigenvalue weighted by Gasteiger charge is -2.24. The quantitative estimate of drug-likeness (QED) is 0.268. The van der Waals surface area contributed by atoms with Gasteiger partial charge in [-0.05, 0) is 49.8 Å². The van der Waals surface area contributed by atoms with Gasteiger partial charge in [0.15, 0.2) is 4.80 Å². The molecule has 206 valence electrons. The highest BCUT2D eigenvalue weighted by molar-refractivity contribution is 7.07. The Morgan fingerprint density at radius 3 is 2.54 bits per heavy atom. The Hall–Kier alpha value is -4.63. The van der Waals surface area contributed by atoms with Gasteiger partial charge in [-0.3, -0.25) is 9.36 Å². The first kappa shape index (κ1) is 26.6. The Kier molecular flexibility index (Phi) is 6.96. The zero-order chi connectivity index (χ0) is 28.7. The number of esters is 1. The summed E-state index contributed by atoms with van der Waals surface area (Å²) >= 11 is 1.21. The third-order valence-corrected chi connectivity index (χ3v) is 8.09. The van der Waals surface area contributed by atoms with E-state index in [4.69, 9.17) is 4.74 Å². The number of benzene rings is 3. The minimum absolute atomic E-state index is 0.160. The van der Waals surface area contributed by atoms with Crippen molar-refractivity contribution in [2.45, 2.75) is 26.4 Å². The van der Waals surface area contributed by atoms with Crippen LogP contribution in [0.3, 0.4) is 0 Å². The Labute approximate surface area is 237 Å². The van der Waals surface area contributed by atoms with E-state index in [1.807, 2.05) is 35.0 Å². The highest BCUT2D eigenvalue weighted by atomic mass is 32.1. The molecule has 0 saturated carbocycles. The average molecular weight is 570 g/mol. The van der Waals surface area contributed by atoms with Crippen LogP contribution in [-0.4, -0.2) is 21.7 Å². The minimum atomic E-state index is -0.824. The molecule has 0 bridgehead atoms. The molecule has 5 aromatic rings. The standard InChI is InChI=1S/C32H25F2N3O3S/c1-3-40-31(39)28-19(2)35-32-37(29(28)20-12-14-23(33)15-13-20)30(38)27(41-32)16-22-18-36(26-11-7-5-9-24(22)26)17-21-8-4-6-10-25(21)34/h4-16,18,29H,3,17H2,1-2H3/b27-16-/t29-/m1/s1. The number of carbonyl (C=O) groups is 1. The van der Waals surface area contributed by atoms with E-state index in [0.29, 0.717) is 32.7 Å². The largest absolute Gasteiger partial charge is 0.463 e. The summed E-state index contributed by atoms with van der Waals surface area (Å²) in [6.07, 6.45) is 3.71. The third-order valence-electron chi connectivity index (χ3n) is 7.11. The van der Waals surface area contributed by atoms with Crippen molar-refractivity contribution in [2.75, 3.05) is 6.61 Å². The number of hydrogen-bond acceptors (Lipinski definition) is 5. The van der Waals surface area contributed by atoms with Crippen LogP contribution in [0.25, 0.3) is 17.0 Å². The van der Waals surface area contributed by atoms with Crippen molar-refractivity contribution in [3.63, 3.8) is 0 Å². The van der Waals surface area contributed by atoms with Crippen LogP contribution in [0.2, 0.25) is 0 Å². The molecule has 9 heteroatoms. The van der Waals surface area contributed by atoms with Gasteiger partial charge in [0.05, 0.1) is 35.0 Å². The van der Waals surface area contributed by atoms with Crippen LogP contribution in [0.5, 0.6) is 0 Å². The van der Waals surface area contributed by atoms with Crippen molar-refractivity contribution in [2.24, 2.45) is 4.99 Å². The fourth-order valence-corrected chi connectivity index (χ4v) is 6.26. The fourth-order valence-electron chi connectivity index (χ4n) is 5.22. The van der Waals surface area contributed by atoms with E-state index in [9.17, 15) is 18.4 Å². The Morgan fingerprint density at radius 1 is 1.05 bits per heavy atom. The van der Waals surface area contributed by atoms with Gasteiger partial charge in [0, 0.05) is 28.2 Å². The second kappa shape index (κ2) is 10.7. The first-order chi connectivity index (χ1) is 19.9. The number of thiazole rings is 1. The van der Waals surface area contributed by atoms with Gasteiger partial charge in [0.25, 0.3) is 5.56 Å². The number of ether oxygens (including phenoxy) is 1. The molecule has 3 heterocycles. The molecule has 0 fully saturated rings. The molecule has 0 N–H and O–H groups in total. The summed E-state index contributed by atoms with van der Waals surface area (Å²) in [4.78, 5) is 32.0. The zero-order valence-electron chi connectivity index (χ0n) is 22.3. The lowest BCUT2D eigenvalue weighted by atomic mass is 9.96. The average Bonchev–Trinajstić information content (AvgIpc) is 3.46. The van der Waals surface area contributed by atoms with Crippen LogP contribution in [0.15, 0.2) is 100 Å². The Balaban J connectivity index is 1.52. The van der Waals surface area contributed by atoms with Gasteiger partial charge in [-0.15, -0.1) is 0 Å². The highest BCUT2D eigenvalue weighted by Crippen LogP contribution is 2.31. The zero-order valence-corrected chi connectivity index (χ0v) is 23.1. The molecule has 1 atom stereocenters. The van der Waals surface area contributed by atoms with Crippen molar-refractivity contribution >= 4 is 34.3 Å². The molecule has 1 aliphatic rings. The van der Waals surface area contributed by atoms with Crippen LogP contribution in [0.1, 0.15) is 36.6 Å². The fraction of sp³-hybridized carbons (Fsp3) is 0.156. The molecule has 0 amide bonds. The molecule has 6 rings (SSSR count). The van der Waals surface area contributed by atoms with Crippen molar-refractivity contribution in [3.05, 3.63) is 138 Å². The highest BCUT2D eigenvalue weighted by Gasteiger charge is 2.33. The lowest BCUT2D eigenvalue weighted by molar-refractivity contribution is -0.139. The van der Waals surface area contributed by atoms with E-state index in [0.717, 1.165) is 16.5 Å². The summed E-state index contributed by atoms with van der Waals surface area (Å²) in [6.45, 7) is 3.90. The molecular weight excluding hydrogens is 544 g/mol. The summed E-state index contributed by atoms with van der Waals surface area (Å²) in [5.41, 5.74) is 3.16. The molecule has 0 saturated heterocycles. The number of hydrogen-bond donors (Lipinski definition) is 0. The van der Waals surface area contributed by atoms with Crippen molar-refractivity contribution < 1.29 is 18.3 Å². The van der Waals surface area contributed by atoms with Crippen LogP contribution in [-0.2, 0) is 16.1 Å². The van der Waals surface area contributed by atoms with E-state index in [-0.39, 0.29) is 23.6 Å². The maximum absolute atomic E-state index is 14.4. The number of para-hydroxylation sites is 1. The number of carbonyl (C=O) groups excluding carboxylic acids is 1. The minimum Gasteiger partial charge on any atom is -0.463 e. The molecule has 6 nitrogen and oxygen atoms in total. The Morgan fingerprint density at radius 2 is 1.78 bits per heavy atom. The lowest BCUT2D eigenvalue weighted by Crippen LogP contribution is -2.39. The van der Waals surface area contributed by atoms with Crippen LogP contribution in [0, 0.1) is 11.6 Å². The SMILES string of the molecule is CCOC(=O)C1=C(C)N=c2s/c(=C\c3cn(Cc4ccccc4F)c4ccccc34)c(=O)n2[C@@H]1c1ccc(F)cc1. The smallest absolute Gasteiger partial charge is 0.338 e. The molecule has 0 spiro atoms. The number of aromatic nitrogens is 2. The molecule has 3 aromatic carbocycles. The van der Waals surface area contributed by atoms with Crippen molar-refractivity contribution in [3.8, 4) is 0 Å². The van der Waals surface area contributed by atoms with Gasteiger partial charge in [-0.25, -0.2) is 18.6 Å². The summed E-state index contributed by atoms with van der Waals surface area (Å²) < 4.78 is 37.4. The van der Waals surface area contributed by atoms with Gasteiger partial charge in [-0.1, -0.05) is 59.9 Å². The summed E-state index contributed by atoms with van der Waals surface area (Å²) in [7, 11) is 0. The molecule has 0 unspecified atom stereocenters. The van der Waals surface area contributed by atoms with E-state index in [2.05, 4.69) is 4.99 Å². The number of fused-ring (bicyclic) bond motifs is 2. The first-order valence-corrected chi connectivity index (χ1v) is 13.9. The molecular formula is C32H25F2N3O3S. The molecule has 0 radical (unpaired) electrons. The summed E-state index contributed by atoms with van der Waals surface area (Å²) in [5.74, 6) is -1.28. The molecule has 0 aliphatic carbocycles. The number of nitrogens with zero attached hydrogens (tertiary/aromatic N) is 3. The van der Waals surface area contributed by atoms with Crippen LogP contribution < -0.4 is 14.9 Å². The summed E-state index contributed by atoms with van der Waals surface area (Å²) in [5, 5.41) is 0.910. The normalized spacial score (nSPS) is 15.2. The summed E-state index contributed by atoms with van der Waals surface area (Å²) in [6, 6.07) is 19.3. The first-order valence-electron chi connectivity index (χ1n) is 13.1. The second-order valence-corrected chi connectivity index (χ2v) is 10.7. The molecule has 2 aromatic heterocycles. The second-order valence-electron chi connectivity index (χ2n) is 9.67. The van der Waals surface area contributed by atoms with E-state index in [1.54, 1.807) is 50.3 Å². The molecule has 1 aliphatic heterocycles. The van der Waals surface area contributed by atoms with Crippen LogP contribution >= 0.6 is 11.3 Å². The van der Waals surface area contributed by atoms with Gasteiger partial charge < -0.3 is 9.30 Å². The van der Waals surface area contributed by atoms with E-state index >= 15 is 0 Å². The monoisotopic (exact) mass is 569 g/mol. The number of halogens is 2. The number of rotatable bonds is 6. The topological polar surface area (TPSA) is 65.6 Å². The third kappa shape index (κ3) is 4.82. The number of allylic oxidation sites excluding steroid dienone is 1. The maximum Gasteiger partial charge on any atom is 0.338 e. The van der Waals surface area contributed by atoms with Gasteiger partial charge in [0.1, 0.15) is 11.6 Å². The Bertz CT molecular complexity index is 2020. The van der Waals surface area contributed by atoms with E-state index < -0.39 is 17.8 Å². The van der Waals surface area contributed by atoms with Crippen molar-refractivity contribution in [1.82, 2.24) is 9.13 Å². The van der Waals surface area contributed by atoms with Gasteiger partial charge in [0.2, 0.25) is 0 Å². The molecule has 41 heavy (non-hydrogen) atoms. The predicted molar refractivity (Wildman–Crippen MR) is 154 cm³/mol. The van der Waals surface area contributed by atoms with Crippen molar-refractivity contribution in [1.29, 1.82) is 0 Å². The van der Waals surface area contributed by atoms with Gasteiger partial charge in [-0.2, -0.15) is 0 Å². The van der Waals surface area contributed by atoms with Gasteiger partial charge >= 0.3 is 5.97 Å². The van der Waals surface area contributed by atoms with Crippen LogP contribution in [0.4, 0.5) is 8.78 Å². The predicted octanol–water partition coefficient (Wildman–Crippen LogP) is 5.08.